The molecule has 1 rings (SSSR count). The van der Waals surface area contributed by atoms with Gasteiger partial charge in [0.2, 0.25) is 0 Å². The SMILES string of the molecule is C=C1C=CC(CC)=NN1C(=O)/C=C(\C)CCC. The summed E-state index contributed by atoms with van der Waals surface area (Å²) >= 11 is 0. The van der Waals surface area contributed by atoms with Gasteiger partial charge in [0, 0.05) is 6.08 Å². The van der Waals surface area contributed by atoms with E-state index in [0.717, 1.165) is 30.5 Å². The van der Waals surface area contributed by atoms with E-state index in [1.807, 2.05) is 26.0 Å². The standard InChI is InChI=1S/C14H20N2O/c1-5-7-11(3)10-14(17)16-12(4)8-9-13(6-2)15-16/h8-10H,4-7H2,1-3H3/b11-10+. The summed E-state index contributed by atoms with van der Waals surface area (Å²) in [4.78, 5) is 12.0. The smallest absolute Gasteiger partial charge is 0.267 e. The lowest BCUT2D eigenvalue weighted by Crippen LogP contribution is -2.26. The van der Waals surface area contributed by atoms with E-state index in [0.29, 0.717) is 5.70 Å². The van der Waals surface area contributed by atoms with Crippen molar-refractivity contribution in [2.24, 2.45) is 5.10 Å². The van der Waals surface area contributed by atoms with Gasteiger partial charge in [-0.05, 0) is 31.9 Å². The largest absolute Gasteiger partial charge is 0.271 e. The minimum atomic E-state index is -0.115. The van der Waals surface area contributed by atoms with Crippen LogP contribution in [0.15, 0.2) is 41.2 Å². The van der Waals surface area contributed by atoms with Gasteiger partial charge in [0.05, 0.1) is 11.4 Å². The Morgan fingerprint density at radius 2 is 2.18 bits per heavy atom. The molecule has 0 unspecified atom stereocenters. The normalized spacial score (nSPS) is 16.2. The van der Waals surface area contributed by atoms with Crippen molar-refractivity contribution < 1.29 is 4.79 Å². The van der Waals surface area contributed by atoms with Crippen molar-refractivity contribution in [2.75, 3.05) is 0 Å². The predicted molar refractivity (Wildman–Crippen MR) is 71.5 cm³/mol. The van der Waals surface area contributed by atoms with Crippen LogP contribution in [0, 0.1) is 0 Å². The quantitative estimate of drug-likeness (QED) is 0.684. The number of hydrogen-bond donors (Lipinski definition) is 0. The monoisotopic (exact) mass is 232 g/mol. The molecular weight excluding hydrogens is 212 g/mol. The molecule has 0 radical (unpaired) electrons. The molecule has 3 heteroatoms. The number of amides is 1. The van der Waals surface area contributed by atoms with Gasteiger partial charge in [-0.25, -0.2) is 0 Å². The zero-order valence-electron chi connectivity index (χ0n) is 10.9. The van der Waals surface area contributed by atoms with Gasteiger partial charge in [0.1, 0.15) is 0 Å². The number of carbonyl (C=O) groups excluding carboxylic acids is 1. The van der Waals surface area contributed by atoms with Crippen LogP contribution in [-0.4, -0.2) is 16.6 Å². The fraction of sp³-hybridized carbons (Fsp3) is 0.429. The van der Waals surface area contributed by atoms with E-state index in [4.69, 9.17) is 0 Å². The van der Waals surface area contributed by atoms with Gasteiger partial charge >= 0.3 is 0 Å². The van der Waals surface area contributed by atoms with Crippen LogP contribution in [0.25, 0.3) is 0 Å². The van der Waals surface area contributed by atoms with E-state index in [9.17, 15) is 4.79 Å². The van der Waals surface area contributed by atoms with E-state index in [1.54, 1.807) is 6.08 Å². The van der Waals surface area contributed by atoms with Crippen LogP contribution in [0.3, 0.4) is 0 Å². The molecule has 0 aromatic carbocycles. The first kappa shape index (κ1) is 13.4. The fourth-order valence-electron chi connectivity index (χ4n) is 1.61. The predicted octanol–water partition coefficient (Wildman–Crippen LogP) is 3.41. The van der Waals surface area contributed by atoms with E-state index >= 15 is 0 Å². The molecule has 0 spiro atoms. The number of rotatable bonds is 4. The lowest BCUT2D eigenvalue weighted by atomic mass is 10.1. The Bertz CT molecular complexity index is 402. The Morgan fingerprint density at radius 3 is 2.76 bits per heavy atom. The molecule has 0 bridgehead atoms. The number of allylic oxidation sites excluding steroid dienone is 3. The molecule has 1 amide bonds. The molecule has 0 fully saturated rings. The second kappa shape index (κ2) is 6.18. The maximum absolute atomic E-state index is 12.0. The summed E-state index contributed by atoms with van der Waals surface area (Å²) in [6, 6.07) is 0. The number of carbonyl (C=O) groups is 1. The minimum Gasteiger partial charge on any atom is -0.267 e. The molecule has 3 nitrogen and oxygen atoms in total. The zero-order chi connectivity index (χ0) is 12.8. The second-order valence-corrected chi connectivity index (χ2v) is 4.16. The Kier molecular flexibility index (Phi) is 4.88. The van der Waals surface area contributed by atoms with Gasteiger partial charge in [-0.15, -0.1) is 0 Å². The molecule has 0 atom stereocenters. The van der Waals surface area contributed by atoms with Crippen LogP contribution >= 0.6 is 0 Å². The highest BCUT2D eigenvalue weighted by molar-refractivity contribution is 5.99. The molecule has 0 aromatic rings. The van der Waals surface area contributed by atoms with Gasteiger partial charge in [-0.2, -0.15) is 10.1 Å². The lowest BCUT2D eigenvalue weighted by Gasteiger charge is -2.20. The highest BCUT2D eigenvalue weighted by Crippen LogP contribution is 2.14. The summed E-state index contributed by atoms with van der Waals surface area (Å²) in [7, 11) is 0. The van der Waals surface area contributed by atoms with Crippen LogP contribution in [-0.2, 0) is 4.79 Å². The van der Waals surface area contributed by atoms with E-state index in [2.05, 4.69) is 18.6 Å². The van der Waals surface area contributed by atoms with Crippen molar-refractivity contribution in [3.8, 4) is 0 Å². The van der Waals surface area contributed by atoms with Crippen LogP contribution in [0.5, 0.6) is 0 Å². The van der Waals surface area contributed by atoms with E-state index in [1.165, 1.54) is 5.01 Å². The summed E-state index contributed by atoms with van der Waals surface area (Å²) in [6.07, 6.45) is 8.16. The zero-order valence-corrected chi connectivity index (χ0v) is 10.9. The van der Waals surface area contributed by atoms with Crippen molar-refractivity contribution in [3.63, 3.8) is 0 Å². The molecule has 0 aromatic heterocycles. The van der Waals surface area contributed by atoms with Crippen LogP contribution in [0.4, 0.5) is 0 Å². The van der Waals surface area contributed by atoms with Gasteiger partial charge in [0.25, 0.3) is 5.91 Å². The average molecular weight is 232 g/mol. The number of hydrazone groups is 1. The molecule has 1 aliphatic heterocycles. The fourth-order valence-corrected chi connectivity index (χ4v) is 1.61. The molecule has 0 N–H and O–H groups in total. The first-order valence-corrected chi connectivity index (χ1v) is 6.04. The Labute approximate surface area is 103 Å². The second-order valence-electron chi connectivity index (χ2n) is 4.16. The Morgan fingerprint density at radius 1 is 1.47 bits per heavy atom. The van der Waals surface area contributed by atoms with Crippen molar-refractivity contribution in [1.29, 1.82) is 0 Å². The lowest BCUT2D eigenvalue weighted by molar-refractivity contribution is -0.124. The molecule has 92 valence electrons. The number of hydrogen-bond acceptors (Lipinski definition) is 2. The minimum absolute atomic E-state index is 0.115. The summed E-state index contributed by atoms with van der Waals surface area (Å²) in [5.74, 6) is -0.115. The van der Waals surface area contributed by atoms with Gasteiger partial charge in [-0.1, -0.05) is 32.4 Å². The highest BCUT2D eigenvalue weighted by atomic mass is 16.2. The third-order valence-corrected chi connectivity index (χ3v) is 2.55. The van der Waals surface area contributed by atoms with E-state index < -0.39 is 0 Å². The maximum atomic E-state index is 12.0. The summed E-state index contributed by atoms with van der Waals surface area (Å²) in [6.45, 7) is 9.89. The average Bonchev–Trinajstić information content (AvgIpc) is 2.29. The van der Waals surface area contributed by atoms with Crippen molar-refractivity contribution in [1.82, 2.24) is 5.01 Å². The van der Waals surface area contributed by atoms with E-state index in [-0.39, 0.29) is 5.91 Å². The van der Waals surface area contributed by atoms with Crippen molar-refractivity contribution >= 4 is 11.6 Å². The molecule has 17 heavy (non-hydrogen) atoms. The molecular formula is C14H20N2O. The van der Waals surface area contributed by atoms with Crippen LogP contribution in [0.1, 0.15) is 40.0 Å². The summed E-state index contributed by atoms with van der Waals surface area (Å²) in [5, 5.41) is 5.64. The highest BCUT2D eigenvalue weighted by Gasteiger charge is 2.16. The van der Waals surface area contributed by atoms with Crippen molar-refractivity contribution in [2.45, 2.75) is 40.0 Å². The number of nitrogens with zero attached hydrogens (tertiary/aromatic N) is 2. The van der Waals surface area contributed by atoms with Gasteiger partial charge in [0.15, 0.2) is 0 Å². The van der Waals surface area contributed by atoms with Crippen molar-refractivity contribution in [3.05, 3.63) is 36.1 Å². The maximum Gasteiger partial charge on any atom is 0.271 e. The first-order chi connectivity index (χ1) is 8.08. The topological polar surface area (TPSA) is 32.7 Å². The summed E-state index contributed by atoms with van der Waals surface area (Å²) in [5.41, 5.74) is 2.59. The summed E-state index contributed by atoms with van der Waals surface area (Å²) < 4.78 is 0. The first-order valence-electron chi connectivity index (χ1n) is 6.04. The third kappa shape index (κ3) is 3.70. The molecule has 0 aliphatic carbocycles. The Balaban J connectivity index is 2.82. The molecule has 0 saturated carbocycles. The molecule has 0 saturated heterocycles. The molecule has 1 aliphatic rings. The Hall–Kier alpha value is -1.64. The van der Waals surface area contributed by atoms with Gasteiger partial charge in [-0.3, -0.25) is 4.79 Å². The molecule has 1 heterocycles. The van der Waals surface area contributed by atoms with Gasteiger partial charge < -0.3 is 0 Å². The van der Waals surface area contributed by atoms with Crippen LogP contribution < -0.4 is 0 Å². The van der Waals surface area contributed by atoms with Crippen LogP contribution in [0.2, 0.25) is 0 Å². The third-order valence-electron chi connectivity index (χ3n) is 2.55.